The lowest BCUT2D eigenvalue weighted by atomic mass is 9.82. The van der Waals surface area contributed by atoms with E-state index in [9.17, 15) is 14.4 Å². The van der Waals surface area contributed by atoms with E-state index in [0.717, 1.165) is 19.3 Å². The van der Waals surface area contributed by atoms with Crippen LogP contribution in [-0.4, -0.2) is 36.4 Å². The van der Waals surface area contributed by atoms with E-state index in [-0.39, 0.29) is 17.6 Å². The van der Waals surface area contributed by atoms with Gasteiger partial charge in [-0.3, -0.25) is 14.4 Å². The highest BCUT2D eigenvalue weighted by molar-refractivity contribution is 5.89. The van der Waals surface area contributed by atoms with Crippen LogP contribution in [-0.2, 0) is 19.1 Å². The molecule has 3 N–H and O–H groups in total. The van der Waals surface area contributed by atoms with Crippen molar-refractivity contribution < 1.29 is 19.1 Å². The minimum Gasteiger partial charge on any atom is -0.368 e. The number of hydrogen-bond donors (Lipinski definition) is 2. The lowest BCUT2D eigenvalue weighted by Crippen LogP contribution is -2.52. The molecule has 1 aliphatic heterocycles. The third kappa shape index (κ3) is 3.53. The SMILES string of the molecule is NC(=O)[C@H](NC(=O)[C@H]1CCCO1)[C@H]1CCCC(=O)C1. The van der Waals surface area contributed by atoms with Crippen molar-refractivity contribution in [2.24, 2.45) is 11.7 Å². The van der Waals surface area contributed by atoms with Crippen molar-refractivity contribution in [2.75, 3.05) is 6.61 Å². The zero-order valence-corrected chi connectivity index (χ0v) is 10.9. The fourth-order valence-electron chi connectivity index (χ4n) is 2.79. The number of carbonyl (C=O) groups excluding carboxylic acids is 3. The van der Waals surface area contributed by atoms with Crippen molar-refractivity contribution >= 4 is 17.6 Å². The second-order valence-electron chi connectivity index (χ2n) is 5.29. The van der Waals surface area contributed by atoms with Gasteiger partial charge in [-0.1, -0.05) is 0 Å². The topological polar surface area (TPSA) is 98.5 Å². The molecule has 0 radical (unpaired) electrons. The van der Waals surface area contributed by atoms with Crippen LogP contribution in [0.15, 0.2) is 0 Å². The monoisotopic (exact) mass is 268 g/mol. The molecule has 0 spiro atoms. The number of carbonyl (C=O) groups is 3. The maximum Gasteiger partial charge on any atom is 0.249 e. The van der Waals surface area contributed by atoms with Crippen molar-refractivity contribution in [3.05, 3.63) is 0 Å². The van der Waals surface area contributed by atoms with E-state index in [4.69, 9.17) is 10.5 Å². The first kappa shape index (κ1) is 14.0. The Labute approximate surface area is 112 Å². The Morgan fingerprint density at radius 3 is 2.68 bits per heavy atom. The van der Waals surface area contributed by atoms with Gasteiger partial charge >= 0.3 is 0 Å². The number of primary amides is 1. The predicted octanol–water partition coefficient (Wildman–Crippen LogP) is -0.105. The molecule has 2 rings (SSSR count). The highest BCUT2D eigenvalue weighted by atomic mass is 16.5. The first-order valence-corrected chi connectivity index (χ1v) is 6.81. The lowest BCUT2D eigenvalue weighted by molar-refractivity contribution is -0.135. The van der Waals surface area contributed by atoms with Crippen LogP contribution in [0.3, 0.4) is 0 Å². The third-order valence-corrected chi connectivity index (χ3v) is 3.82. The second kappa shape index (κ2) is 6.14. The lowest BCUT2D eigenvalue weighted by Gasteiger charge is -2.28. The zero-order valence-electron chi connectivity index (χ0n) is 10.9. The van der Waals surface area contributed by atoms with Crippen molar-refractivity contribution in [3.63, 3.8) is 0 Å². The number of Topliss-reactive ketones (excluding diaryl/α,β-unsaturated/α-hetero) is 1. The van der Waals surface area contributed by atoms with Gasteiger partial charge in [-0.25, -0.2) is 0 Å². The summed E-state index contributed by atoms with van der Waals surface area (Å²) < 4.78 is 5.27. The van der Waals surface area contributed by atoms with Crippen molar-refractivity contribution in [1.29, 1.82) is 0 Å². The molecule has 6 heteroatoms. The Kier molecular flexibility index (Phi) is 4.52. The average molecular weight is 268 g/mol. The summed E-state index contributed by atoms with van der Waals surface area (Å²) in [7, 11) is 0. The van der Waals surface area contributed by atoms with E-state index < -0.39 is 18.1 Å². The summed E-state index contributed by atoms with van der Waals surface area (Å²) in [5.74, 6) is -0.914. The molecule has 1 heterocycles. The molecule has 0 bridgehead atoms. The molecule has 3 atom stereocenters. The summed E-state index contributed by atoms with van der Waals surface area (Å²) in [6.45, 7) is 0.571. The van der Waals surface area contributed by atoms with Gasteiger partial charge in [0.05, 0.1) is 0 Å². The normalized spacial score (nSPS) is 28.9. The zero-order chi connectivity index (χ0) is 13.8. The van der Waals surface area contributed by atoms with Crippen molar-refractivity contribution in [1.82, 2.24) is 5.32 Å². The quantitative estimate of drug-likeness (QED) is 0.743. The molecule has 2 fully saturated rings. The Bertz CT molecular complexity index is 377. The fourth-order valence-corrected chi connectivity index (χ4v) is 2.79. The molecule has 19 heavy (non-hydrogen) atoms. The average Bonchev–Trinajstić information content (AvgIpc) is 2.89. The summed E-state index contributed by atoms with van der Waals surface area (Å²) in [5, 5.41) is 2.66. The van der Waals surface area contributed by atoms with Gasteiger partial charge in [-0.05, 0) is 31.6 Å². The van der Waals surface area contributed by atoms with Crippen molar-refractivity contribution in [2.45, 2.75) is 50.7 Å². The van der Waals surface area contributed by atoms with Crippen LogP contribution in [0.5, 0.6) is 0 Å². The maximum absolute atomic E-state index is 12.0. The Morgan fingerprint density at radius 1 is 1.32 bits per heavy atom. The van der Waals surface area contributed by atoms with E-state index in [1.54, 1.807) is 0 Å². The van der Waals surface area contributed by atoms with Crippen LogP contribution < -0.4 is 11.1 Å². The molecular weight excluding hydrogens is 248 g/mol. The van der Waals surface area contributed by atoms with E-state index in [1.807, 2.05) is 0 Å². The number of ether oxygens (including phenoxy) is 1. The van der Waals surface area contributed by atoms with E-state index in [1.165, 1.54) is 0 Å². The molecule has 1 aliphatic carbocycles. The first-order valence-electron chi connectivity index (χ1n) is 6.81. The summed E-state index contributed by atoms with van der Waals surface area (Å²) in [6.07, 6.45) is 3.40. The first-order chi connectivity index (χ1) is 9.08. The van der Waals surface area contributed by atoms with Crippen LogP contribution in [0.25, 0.3) is 0 Å². The van der Waals surface area contributed by atoms with E-state index >= 15 is 0 Å². The minimum absolute atomic E-state index is 0.133. The molecular formula is C13H20N2O4. The van der Waals surface area contributed by atoms with Gasteiger partial charge in [-0.15, -0.1) is 0 Å². The molecule has 1 saturated carbocycles. The number of hydrogen-bond acceptors (Lipinski definition) is 4. The van der Waals surface area contributed by atoms with Crippen LogP contribution in [0, 0.1) is 5.92 Å². The molecule has 6 nitrogen and oxygen atoms in total. The molecule has 0 aromatic rings. The highest BCUT2D eigenvalue weighted by Gasteiger charge is 2.34. The number of nitrogens with one attached hydrogen (secondary N) is 1. The van der Waals surface area contributed by atoms with Gasteiger partial charge in [0.1, 0.15) is 17.9 Å². The molecule has 2 amide bonds. The van der Waals surface area contributed by atoms with Crippen LogP contribution in [0.2, 0.25) is 0 Å². The fraction of sp³-hybridized carbons (Fsp3) is 0.769. The predicted molar refractivity (Wildman–Crippen MR) is 67.1 cm³/mol. The third-order valence-electron chi connectivity index (χ3n) is 3.82. The Hall–Kier alpha value is -1.43. The Balaban J connectivity index is 1.97. The number of rotatable bonds is 4. The molecule has 0 aromatic carbocycles. The standard InChI is InChI=1S/C13H20N2O4/c14-12(17)11(8-3-1-4-9(16)7-8)15-13(18)10-5-2-6-19-10/h8,10-11H,1-7H2,(H2,14,17)(H,15,18)/t8-,10+,11+/m0/s1. The highest BCUT2D eigenvalue weighted by Crippen LogP contribution is 2.24. The van der Waals surface area contributed by atoms with Gasteiger partial charge in [0.25, 0.3) is 0 Å². The molecule has 0 aromatic heterocycles. The van der Waals surface area contributed by atoms with Gasteiger partial charge in [0.15, 0.2) is 0 Å². The maximum atomic E-state index is 12.0. The minimum atomic E-state index is -0.763. The summed E-state index contributed by atoms with van der Waals surface area (Å²) in [5.41, 5.74) is 5.35. The number of amides is 2. The van der Waals surface area contributed by atoms with E-state index in [2.05, 4.69) is 5.32 Å². The van der Waals surface area contributed by atoms with Gasteiger partial charge in [-0.2, -0.15) is 0 Å². The van der Waals surface area contributed by atoms with Crippen LogP contribution >= 0.6 is 0 Å². The second-order valence-corrected chi connectivity index (χ2v) is 5.29. The van der Waals surface area contributed by atoms with Gasteiger partial charge in [0.2, 0.25) is 11.8 Å². The largest absolute Gasteiger partial charge is 0.368 e. The molecule has 1 saturated heterocycles. The summed E-state index contributed by atoms with van der Waals surface area (Å²) in [6, 6.07) is -0.763. The number of ketones is 1. The molecule has 0 unspecified atom stereocenters. The van der Waals surface area contributed by atoms with Gasteiger partial charge in [0, 0.05) is 19.4 Å². The smallest absolute Gasteiger partial charge is 0.249 e. The van der Waals surface area contributed by atoms with Crippen LogP contribution in [0.4, 0.5) is 0 Å². The summed E-state index contributed by atoms with van der Waals surface area (Å²) >= 11 is 0. The Morgan fingerprint density at radius 2 is 2.11 bits per heavy atom. The summed E-state index contributed by atoms with van der Waals surface area (Å²) in [4.78, 5) is 34.9. The number of nitrogens with two attached hydrogens (primary N) is 1. The molecule has 2 aliphatic rings. The van der Waals surface area contributed by atoms with Gasteiger partial charge < -0.3 is 15.8 Å². The molecule has 106 valence electrons. The van der Waals surface area contributed by atoms with E-state index in [0.29, 0.717) is 25.9 Å². The van der Waals surface area contributed by atoms with Crippen LogP contribution in [0.1, 0.15) is 38.5 Å². The van der Waals surface area contributed by atoms with Crippen molar-refractivity contribution in [3.8, 4) is 0 Å².